The van der Waals surface area contributed by atoms with Crippen molar-refractivity contribution in [2.75, 3.05) is 18.4 Å². The smallest absolute Gasteiger partial charge is 0.321 e. The summed E-state index contributed by atoms with van der Waals surface area (Å²) in [7, 11) is 0. The van der Waals surface area contributed by atoms with E-state index in [0.29, 0.717) is 25.9 Å². The van der Waals surface area contributed by atoms with Crippen molar-refractivity contribution < 1.29 is 9.59 Å². The van der Waals surface area contributed by atoms with Gasteiger partial charge in [0.2, 0.25) is 5.91 Å². The van der Waals surface area contributed by atoms with Gasteiger partial charge in [-0.3, -0.25) is 4.79 Å². The van der Waals surface area contributed by atoms with Gasteiger partial charge in [0.1, 0.15) is 0 Å². The molecule has 5 nitrogen and oxygen atoms in total. The number of benzene rings is 2. The van der Waals surface area contributed by atoms with Crippen molar-refractivity contribution in [2.45, 2.75) is 38.5 Å². The lowest BCUT2D eigenvalue weighted by atomic mass is 10.1. The number of carbonyl (C=O) groups excluding carboxylic acids is 2. The number of hydrogen-bond donors (Lipinski definition) is 2. The van der Waals surface area contributed by atoms with E-state index in [1.165, 1.54) is 5.56 Å². The molecule has 2 rings (SSSR count). The molecule has 0 radical (unpaired) electrons. The first-order chi connectivity index (χ1) is 13.1. The number of anilines is 1. The first kappa shape index (κ1) is 20.5. The predicted octanol–water partition coefficient (Wildman–Crippen LogP) is 4.20. The third-order valence-corrected chi connectivity index (χ3v) is 4.40. The fraction of sp³-hybridized carbons (Fsp3) is 0.364. The molecule has 0 heterocycles. The van der Waals surface area contributed by atoms with Gasteiger partial charge in [0.25, 0.3) is 0 Å². The van der Waals surface area contributed by atoms with E-state index in [1.54, 1.807) is 4.90 Å². The minimum absolute atomic E-state index is 0.131. The van der Waals surface area contributed by atoms with Crippen LogP contribution in [0.15, 0.2) is 60.7 Å². The van der Waals surface area contributed by atoms with Crippen molar-refractivity contribution in [1.82, 2.24) is 4.90 Å². The van der Waals surface area contributed by atoms with Gasteiger partial charge in [-0.25, -0.2) is 4.79 Å². The number of urea groups is 1. The van der Waals surface area contributed by atoms with Crippen molar-refractivity contribution in [3.8, 4) is 0 Å². The molecule has 2 aromatic rings. The lowest BCUT2D eigenvalue weighted by molar-refractivity contribution is -0.118. The summed E-state index contributed by atoms with van der Waals surface area (Å²) in [4.78, 5) is 25.3. The van der Waals surface area contributed by atoms with Gasteiger partial charge < -0.3 is 16.0 Å². The van der Waals surface area contributed by atoms with Crippen LogP contribution in [-0.2, 0) is 11.2 Å². The summed E-state index contributed by atoms with van der Waals surface area (Å²) >= 11 is 0. The fourth-order valence-electron chi connectivity index (χ4n) is 2.94. The van der Waals surface area contributed by atoms with Crippen LogP contribution in [0.2, 0.25) is 0 Å². The molecule has 0 aliphatic rings. The molecule has 0 fully saturated rings. The number of carbonyl (C=O) groups is 2. The minimum atomic E-state index is -0.332. The lowest BCUT2D eigenvalue weighted by Crippen LogP contribution is -2.37. The number of nitrogens with one attached hydrogen (secondary N) is 1. The summed E-state index contributed by atoms with van der Waals surface area (Å²) in [6, 6.07) is 19.7. The number of hydrogen-bond acceptors (Lipinski definition) is 2. The molecule has 3 amide bonds. The molecule has 0 atom stereocenters. The second kappa shape index (κ2) is 11.7. The number of primary amides is 1. The molecule has 2 aromatic carbocycles. The Morgan fingerprint density at radius 1 is 0.815 bits per heavy atom. The van der Waals surface area contributed by atoms with E-state index in [0.717, 1.165) is 31.4 Å². The predicted molar refractivity (Wildman–Crippen MR) is 109 cm³/mol. The molecule has 27 heavy (non-hydrogen) atoms. The van der Waals surface area contributed by atoms with Crippen LogP contribution < -0.4 is 11.1 Å². The van der Waals surface area contributed by atoms with Crippen molar-refractivity contribution in [2.24, 2.45) is 5.73 Å². The zero-order valence-electron chi connectivity index (χ0n) is 15.8. The largest absolute Gasteiger partial charge is 0.370 e. The van der Waals surface area contributed by atoms with Gasteiger partial charge in [0.05, 0.1) is 0 Å². The van der Waals surface area contributed by atoms with Crippen LogP contribution in [0.5, 0.6) is 0 Å². The first-order valence-electron chi connectivity index (χ1n) is 9.58. The normalized spacial score (nSPS) is 10.4. The van der Waals surface area contributed by atoms with E-state index in [4.69, 9.17) is 5.73 Å². The molecule has 5 heteroatoms. The van der Waals surface area contributed by atoms with Gasteiger partial charge in [0, 0.05) is 25.2 Å². The maximum absolute atomic E-state index is 12.6. The number of unbranched alkanes of at least 4 members (excludes halogenated alkanes) is 2. The summed E-state index contributed by atoms with van der Waals surface area (Å²) in [5.74, 6) is -0.332. The van der Waals surface area contributed by atoms with Crippen LogP contribution in [0.4, 0.5) is 10.5 Å². The highest BCUT2D eigenvalue weighted by atomic mass is 16.2. The molecule has 0 saturated carbocycles. The maximum atomic E-state index is 12.6. The van der Waals surface area contributed by atoms with Gasteiger partial charge in [-0.05, 0) is 43.4 Å². The van der Waals surface area contributed by atoms with Crippen molar-refractivity contribution in [3.63, 3.8) is 0 Å². The van der Waals surface area contributed by atoms with E-state index < -0.39 is 0 Å². The van der Waals surface area contributed by atoms with Crippen LogP contribution in [0.1, 0.15) is 37.7 Å². The lowest BCUT2D eigenvalue weighted by Gasteiger charge is -2.23. The standard InChI is InChI=1S/C22H29N3O2/c23-21(26)16-10-18-25(22(27)24-20-14-7-2-8-15-20)17-9-3-6-13-19-11-4-1-5-12-19/h1-2,4-5,7-8,11-12,14-15H,3,6,9-10,13,16-18H2,(H2,23,26)(H,24,27). The fourth-order valence-corrected chi connectivity index (χ4v) is 2.94. The summed E-state index contributed by atoms with van der Waals surface area (Å²) in [5, 5.41) is 2.92. The van der Waals surface area contributed by atoms with E-state index in [9.17, 15) is 9.59 Å². The van der Waals surface area contributed by atoms with E-state index in [1.807, 2.05) is 36.4 Å². The third kappa shape index (κ3) is 8.40. The number of aryl methyl sites for hydroxylation is 1. The molecule has 0 aliphatic carbocycles. The Balaban J connectivity index is 1.78. The number of para-hydroxylation sites is 1. The Labute approximate surface area is 161 Å². The molecule has 0 aliphatic heterocycles. The highest BCUT2D eigenvalue weighted by molar-refractivity contribution is 5.89. The van der Waals surface area contributed by atoms with Crippen LogP contribution >= 0.6 is 0 Å². The number of nitrogens with two attached hydrogens (primary N) is 1. The second-order valence-electron chi connectivity index (χ2n) is 6.65. The van der Waals surface area contributed by atoms with Gasteiger partial charge in [-0.1, -0.05) is 55.0 Å². The average molecular weight is 367 g/mol. The monoisotopic (exact) mass is 367 g/mol. The molecule has 0 bridgehead atoms. The Hall–Kier alpha value is -2.82. The second-order valence-corrected chi connectivity index (χ2v) is 6.65. The van der Waals surface area contributed by atoms with Crippen LogP contribution in [0.3, 0.4) is 0 Å². The summed E-state index contributed by atoms with van der Waals surface area (Å²) in [6.45, 7) is 1.20. The quantitative estimate of drug-likeness (QED) is 0.584. The van der Waals surface area contributed by atoms with E-state index in [-0.39, 0.29) is 11.9 Å². The third-order valence-electron chi connectivity index (χ3n) is 4.40. The molecule has 3 N–H and O–H groups in total. The van der Waals surface area contributed by atoms with Crippen molar-refractivity contribution >= 4 is 17.6 Å². The zero-order valence-corrected chi connectivity index (χ0v) is 15.8. The van der Waals surface area contributed by atoms with Crippen molar-refractivity contribution in [3.05, 3.63) is 66.2 Å². The number of amides is 3. The van der Waals surface area contributed by atoms with Crippen molar-refractivity contribution in [1.29, 1.82) is 0 Å². The van der Waals surface area contributed by atoms with Gasteiger partial charge in [-0.2, -0.15) is 0 Å². The molecule has 144 valence electrons. The van der Waals surface area contributed by atoms with Crippen LogP contribution in [0, 0.1) is 0 Å². The SMILES string of the molecule is NC(=O)CCCN(CCCCCc1ccccc1)C(=O)Nc1ccccc1. The molecule has 0 spiro atoms. The van der Waals surface area contributed by atoms with E-state index in [2.05, 4.69) is 29.6 Å². The summed E-state index contributed by atoms with van der Waals surface area (Å²) < 4.78 is 0. The number of rotatable bonds is 11. The molecular formula is C22H29N3O2. The summed E-state index contributed by atoms with van der Waals surface area (Å²) in [5.41, 5.74) is 7.33. The summed E-state index contributed by atoms with van der Waals surface area (Å²) in [6.07, 6.45) is 5.02. The first-order valence-corrected chi connectivity index (χ1v) is 9.58. The Bertz CT molecular complexity index is 689. The van der Waals surface area contributed by atoms with Crippen LogP contribution in [-0.4, -0.2) is 29.9 Å². The maximum Gasteiger partial charge on any atom is 0.321 e. The van der Waals surface area contributed by atoms with Gasteiger partial charge in [-0.15, -0.1) is 0 Å². The molecular weight excluding hydrogens is 338 g/mol. The molecule has 0 saturated heterocycles. The Morgan fingerprint density at radius 3 is 2.11 bits per heavy atom. The Kier molecular flexibility index (Phi) is 8.90. The molecule has 0 unspecified atom stereocenters. The Morgan fingerprint density at radius 2 is 1.44 bits per heavy atom. The molecule has 0 aromatic heterocycles. The highest BCUT2D eigenvalue weighted by Gasteiger charge is 2.13. The average Bonchev–Trinajstić information content (AvgIpc) is 2.67. The zero-order chi connectivity index (χ0) is 19.3. The van der Waals surface area contributed by atoms with Crippen LogP contribution in [0.25, 0.3) is 0 Å². The highest BCUT2D eigenvalue weighted by Crippen LogP contribution is 2.10. The minimum Gasteiger partial charge on any atom is -0.370 e. The topological polar surface area (TPSA) is 75.4 Å². The number of nitrogens with zero attached hydrogens (tertiary/aromatic N) is 1. The van der Waals surface area contributed by atoms with Gasteiger partial charge >= 0.3 is 6.03 Å². The van der Waals surface area contributed by atoms with Gasteiger partial charge in [0.15, 0.2) is 0 Å². The van der Waals surface area contributed by atoms with E-state index >= 15 is 0 Å².